The van der Waals surface area contributed by atoms with Gasteiger partial charge in [-0.2, -0.15) is 0 Å². The second kappa shape index (κ2) is 8.42. The van der Waals surface area contributed by atoms with Crippen molar-refractivity contribution in [2.24, 2.45) is 0 Å². The van der Waals surface area contributed by atoms with Crippen LogP contribution in [0.15, 0.2) is 36.4 Å². The minimum atomic E-state index is -0.136. The number of piperidine rings is 2. The molecule has 0 aliphatic carbocycles. The zero-order valence-electron chi connectivity index (χ0n) is 17.9. The number of aromatic hydroxyl groups is 1. The van der Waals surface area contributed by atoms with Crippen molar-refractivity contribution in [3.05, 3.63) is 47.5 Å². The quantitative estimate of drug-likeness (QED) is 0.668. The van der Waals surface area contributed by atoms with Crippen LogP contribution in [0.1, 0.15) is 55.7 Å². The average molecular weight is 424 g/mol. The maximum atomic E-state index is 12.6. The van der Waals surface area contributed by atoms with E-state index in [1.807, 2.05) is 30.3 Å². The predicted molar refractivity (Wildman–Crippen MR) is 116 cm³/mol. The molecule has 2 saturated heterocycles. The van der Waals surface area contributed by atoms with Crippen molar-refractivity contribution < 1.29 is 24.1 Å². The minimum Gasteiger partial charge on any atom is -0.502 e. The zero-order valence-corrected chi connectivity index (χ0v) is 17.9. The van der Waals surface area contributed by atoms with E-state index < -0.39 is 0 Å². The number of hydrogen-bond donors (Lipinski definition) is 1. The average Bonchev–Trinajstić information content (AvgIpc) is 2.79. The van der Waals surface area contributed by atoms with Gasteiger partial charge < -0.3 is 19.3 Å². The van der Waals surface area contributed by atoms with Gasteiger partial charge in [0, 0.05) is 36.9 Å². The highest BCUT2D eigenvalue weighted by Gasteiger charge is 2.41. The lowest BCUT2D eigenvalue weighted by Gasteiger charge is -2.47. The standard InChI is InChI=1S/C25H29NO5/c1-29-22-11-10-20-21-15-19(14-17-4-2-3-13-26(17)21)30-23(27)12-7-16-5-8-18(9-6-16)31-25(20)24(22)28/h5-6,8-11,17,19,21,28H,2-4,7,12-15H2,1H3/t17-,19+,21-/m0/s1. The largest absolute Gasteiger partial charge is 0.502 e. The Balaban J connectivity index is 1.62. The maximum Gasteiger partial charge on any atom is 0.306 e. The Bertz CT molecular complexity index is 957. The van der Waals surface area contributed by atoms with E-state index in [4.69, 9.17) is 14.2 Å². The number of aryl methyl sites for hydroxylation is 1. The van der Waals surface area contributed by atoms with Crippen LogP contribution in [0, 0.1) is 0 Å². The number of benzene rings is 2. The van der Waals surface area contributed by atoms with Gasteiger partial charge in [-0.15, -0.1) is 0 Å². The summed E-state index contributed by atoms with van der Waals surface area (Å²) >= 11 is 0. The van der Waals surface area contributed by atoms with E-state index in [0.29, 0.717) is 42.6 Å². The molecule has 2 aromatic rings. The van der Waals surface area contributed by atoms with Crippen LogP contribution in [-0.4, -0.2) is 41.8 Å². The molecule has 0 saturated carbocycles. The fourth-order valence-electron chi connectivity index (χ4n) is 5.31. The minimum absolute atomic E-state index is 0.00356. The highest BCUT2D eigenvalue weighted by Crippen LogP contribution is 2.49. The van der Waals surface area contributed by atoms with Crippen LogP contribution in [0.4, 0.5) is 0 Å². The lowest BCUT2D eigenvalue weighted by atomic mass is 9.84. The van der Waals surface area contributed by atoms with Gasteiger partial charge in [-0.05, 0) is 55.6 Å². The van der Waals surface area contributed by atoms with Crippen LogP contribution in [0.2, 0.25) is 0 Å². The number of nitrogens with zero attached hydrogens (tertiary/aromatic N) is 1. The van der Waals surface area contributed by atoms with E-state index in [-0.39, 0.29) is 23.9 Å². The second-order valence-electron chi connectivity index (χ2n) is 8.77. The third-order valence-corrected chi connectivity index (χ3v) is 6.86. The Morgan fingerprint density at radius 2 is 1.90 bits per heavy atom. The van der Waals surface area contributed by atoms with E-state index in [1.54, 1.807) is 6.07 Å². The molecule has 6 nitrogen and oxygen atoms in total. The molecule has 6 heteroatoms. The number of esters is 1. The first-order valence-corrected chi connectivity index (χ1v) is 11.2. The topological polar surface area (TPSA) is 68.2 Å². The highest BCUT2D eigenvalue weighted by molar-refractivity contribution is 5.70. The summed E-state index contributed by atoms with van der Waals surface area (Å²) in [5.74, 6) is 1.32. The second-order valence-corrected chi connectivity index (χ2v) is 8.77. The van der Waals surface area contributed by atoms with E-state index in [9.17, 15) is 9.90 Å². The monoisotopic (exact) mass is 423 g/mol. The summed E-state index contributed by atoms with van der Waals surface area (Å²) in [5, 5.41) is 11.0. The molecule has 0 spiro atoms. The molecule has 2 fully saturated rings. The Hall–Kier alpha value is -2.73. The van der Waals surface area contributed by atoms with Crippen molar-refractivity contribution in [2.45, 2.75) is 63.1 Å². The summed E-state index contributed by atoms with van der Waals surface area (Å²) in [6, 6.07) is 11.8. The molecular formula is C25H29NO5. The summed E-state index contributed by atoms with van der Waals surface area (Å²) in [7, 11) is 1.54. The number of rotatable bonds is 1. The van der Waals surface area contributed by atoms with Crippen molar-refractivity contribution in [1.82, 2.24) is 4.90 Å². The summed E-state index contributed by atoms with van der Waals surface area (Å²) in [6.45, 7) is 0.997. The molecule has 4 heterocycles. The van der Waals surface area contributed by atoms with Crippen molar-refractivity contribution in [3.63, 3.8) is 0 Å². The number of carbonyl (C=O) groups excluding carboxylic acids is 1. The summed E-state index contributed by atoms with van der Waals surface area (Å²) in [6.07, 6.45) is 5.90. The third kappa shape index (κ3) is 3.97. The molecule has 2 aromatic carbocycles. The fraction of sp³-hybridized carbons (Fsp3) is 0.480. The van der Waals surface area contributed by atoms with Crippen molar-refractivity contribution >= 4 is 5.97 Å². The fourth-order valence-corrected chi connectivity index (χ4v) is 5.31. The number of fused-ring (bicyclic) bond motifs is 6. The number of ether oxygens (including phenoxy) is 3. The number of phenols is 1. The van der Waals surface area contributed by atoms with Crippen LogP contribution < -0.4 is 9.47 Å². The maximum absolute atomic E-state index is 12.6. The molecule has 0 radical (unpaired) electrons. The van der Waals surface area contributed by atoms with E-state index in [1.165, 1.54) is 13.5 Å². The van der Waals surface area contributed by atoms with Gasteiger partial charge in [0.1, 0.15) is 11.9 Å². The van der Waals surface area contributed by atoms with Gasteiger partial charge in [0.25, 0.3) is 0 Å². The van der Waals surface area contributed by atoms with Gasteiger partial charge in [0.05, 0.1) is 7.11 Å². The Morgan fingerprint density at radius 1 is 1.06 bits per heavy atom. The van der Waals surface area contributed by atoms with Gasteiger partial charge in [-0.1, -0.05) is 18.6 Å². The molecule has 4 aliphatic heterocycles. The Kier molecular flexibility index (Phi) is 5.48. The molecule has 0 unspecified atom stereocenters. The van der Waals surface area contributed by atoms with Crippen molar-refractivity contribution in [3.8, 4) is 23.0 Å². The van der Waals surface area contributed by atoms with Crippen LogP contribution in [0.5, 0.6) is 23.0 Å². The lowest BCUT2D eigenvalue weighted by molar-refractivity contribution is -0.154. The number of methoxy groups -OCH3 is 1. The zero-order chi connectivity index (χ0) is 21.4. The summed E-state index contributed by atoms with van der Waals surface area (Å²) < 4.78 is 17.6. The van der Waals surface area contributed by atoms with Crippen molar-refractivity contribution in [1.29, 1.82) is 0 Å². The first-order valence-electron chi connectivity index (χ1n) is 11.2. The smallest absolute Gasteiger partial charge is 0.306 e. The van der Waals surface area contributed by atoms with Crippen LogP contribution >= 0.6 is 0 Å². The van der Waals surface area contributed by atoms with Gasteiger partial charge in [-0.3, -0.25) is 9.69 Å². The van der Waals surface area contributed by atoms with E-state index in [2.05, 4.69) is 4.90 Å². The molecule has 4 bridgehead atoms. The first kappa shape index (κ1) is 20.2. The highest BCUT2D eigenvalue weighted by atomic mass is 16.5. The normalized spacial score (nSPS) is 26.1. The Labute approximate surface area is 182 Å². The molecule has 3 atom stereocenters. The van der Waals surface area contributed by atoms with E-state index >= 15 is 0 Å². The molecule has 31 heavy (non-hydrogen) atoms. The number of phenolic OH excluding ortho intramolecular Hbond substituents is 1. The van der Waals surface area contributed by atoms with Gasteiger partial charge in [-0.25, -0.2) is 0 Å². The molecular weight excluding hydrogens is 394 g/mol. The van der Waals surface area contributed by atoms with Gasteiger partial charge in [0.2, 0.25) is 5.75 Å². The van der Waals surface area contributed by atoms with Gasteiger partial charge >= 0.3 is 5.97 Å². The molecule has 164 valence electrons. The molecule has 0 aromatic heterocycles. The molecule has 4 aliphatic rings. The Morgan fingerprint density at radius 3 is 2.71 bits per heavy atom. The van der Waals surface area contributed by atoms with Crippen LogP contribution in [-0.2, 0) is 16.0 Å². The molecule has 0 amide bonds. The summed E-state index contributed by atoms with van der Waals surface area (Å²) in [5.41, 5.74) is 1.96. The van der Waals surface area contributed by atoms with Crippen LogP contribution in [0.25, 0.3) is 0 Å². The van der Waals surface area contributed by atoms with Gasteiger partial charge in [0.15, 0.2) is 11.5 Å². The number of carbonyl (C=O) groups is 1. The SMILES string of the molecule is COc1ccc2c(c1O)Oc1ccc(cc1)CCC(=O)O[C@@H]1C[C@@H]3CCCCN3[C@H]2C1. The molecule has 6 rings (SSSR count). The summed E-state index contributed by atoms with van der Waals surface area (Å²) in [4.78, 5) is 15.1. The molecule has 1 N–H and O–H groups in total. The lowest BCUT2D eigenvalue weighted by Crippen LogP contribution is -2.49. The number of hydrogen-bond acceptors (Lipinski definition) is 6. The third-order valence-electron chi connectivity index (χ3n) is 6.86. The predicted octanol–water partition coefficient (Wildman–Crippen LogP) is 4.74. The van der Waals surface area contributed by atoms with Crippen LogP contribution in [0.3, 0.4) is 0 Å². The van der Waals surface area contributed by atoms with E-state index in [0.717, 1.165) is 36.9 Å². The first-order chi connectivity index (χ1) is 15.1. The van der Waals surface area contributed by atoms with Crippen molar-refractivity contribution in [2.75, 3.05) is 13.7 Å².